The van der Waals surface area contributed by atoms with Crippen LogP contribution in [0.3, 0.4) is 0 Å². The Hall–Kier alpha value is -2.09. The Labute approximate surface area is 142 Å². The van der Waals surface area contributed by atoms with Gasteiger partial charge in [0.2, 0.25) is 0 Å². The average molecular weight is 410 g/mol. The summed E-state index contributed by atoms with van der Waals surface area (Å²) in [7, 11) is 0. The quantitative estimate of drug-likeness (QED) is 0.452. The molecule has 0 aromatic heterocycles. The molecule has 2 N–H and O–H groups in total. The largest absolute Gasteiger partial charge is 0.504 e. The highest BCUT2D eigenvalue weighted by atomic mass is 127. The van der Waals surface area contributed by atoms with Gasteiger partial charge in [-0.1, -0.05) is 12.1 Å². The lowest BCUT2D eigenvalue weighted by atomic mass is 10.2. The van der Waals surface area contributed by atoms with Crippen LogP contribution in [0.2, 0.25) is 0 Å². The van der Waals surface area contributed by atoms with Crippen molar-refractivity contribution in [1.82, 2.24) is 5.43 Å². The van der Waals surface area contributed by atoms with Crippen LogP contribution in [-0.4, -0.2) is 23.8 Å². The minimum absolute atomic E-state index is 0.00314. The highest BCUT2D eigenvalue weighted by Crippen LogP contribution is 2.28. The summed E-state index contributed by atoms with van der Waals surface area (Å²) in [5.41, 5.74) is 3.42. The summed E-state index contributed by atoms with van der Waals surface area (Å²) in [5, 5.41) is 13.9. The molecule has 6 heteroatoms. The molecular formula is C16H15IN2O3. The van der Waals surface area contributed by atoms with E-state index in [0.29, 0.717) is 23.5 Å². The third kappa shape index (κ3) is 4.20. The van der Waals surface area contributed by atoms with Gasteiger partial charge in [0.1, 0.15) is 0 Å². The van der Waals surface area contributed by atoms with Crippen LogP contribution in [0.15, 0.2) is 47.6 Å². The van der Waals surface area contributed by atoms with Gasteiger partial charge < -0.3 is 9.84 Å². The summed E-state index contributed by atoms with van der Waals surface area (Å²) in [6.07, 6.45) is 1.38. The Morgan fingerprint density at radius 1 is 1.36 bits per heavy atom. The molecule has 1 amide bonds. The SMILES string of the molecule is CCOc1cccc(C=NNC(=O)c2cccc(I)c2)c1O. The molecule has 2 aromatic rings. The third-order valence-electron chi connectivity index (χ3n) is 2.79. The minimum atomic E-state index is -0.310. The van der Waals surface area contributed by atoms with E-state index in [1.54, 1.807) is 36.4 Å². The third-order valence-corrected chi connectivity index (χ3v) is 3.46. The number of rotatable bonds is 5. The van der Waals surface area contributed by atoms with Crippen molar-refractivity contribution in [3.8, 4) is 11.5 Å². The first-order valence-corrected chi connectivity index (χ1v) is 7.73. The van der Waals surface area contributed by atoms with Crippen molar-refractivity contribution >= 4 is 34.7 Å². The Bertz CT molecular complexity index is 702. The lowest BCUT2D eigenvalue weighted by molar-refractivity contribution is 0.0955. The van der Waals surface area contributed by atoms with Crippen LogP contribution in [0.25, 0.3) is 0 Å². The molecule has 0 fully saturated rings. The van der Waals surface area contributed by atoms with E-state index in [2.05, 4.69) is 33.1 Å². The number of nitrogens with zero attached hydrogens (tertiary/aromatic N) is 1. The number of benzene rings is 2. The molecule has 0 unspecified atom stereocenters. The molecule has 0 saturated carbocycles. The standard InChI is InChI=1S/C16H15IN2O3/c1-2-22-14-8-4-6-12(15(14)20)10-18-19-16(21)11-5-3-7-13(17)9-11/h3-10,20H,2H2,1H3,(H,19,21). The molecule has 0 aliphatic rings. The zero-order valence-corrected chi connectivity index (χ0v) is 14.1. The maximum Gasteiger partial charge on any atom is 0.271 e. The first-order chi connectivity index (χ1) is 10.6. The number of carbonyl (C=O) groups is 1. The maximum atomic E-state index is 11.9. The number of hydrogen-bond donors (Lipinski definition) is 2. The number of amides is 1. The van der Waals surface area contributed by atoms with E-state index in [-0.39, 0.29) is 11.7 Å². The molecule has 0 saturated heterocycles. The van der Waals surface area contributed by atoms with Gasteiger partial charge in [-0.05, 0) is 59.8 Å². The van der Waals surface area contributed by atoms with Crippen LogP contribution in [0, 0.1) is 3.57 Å². The van der Waals surface area contributed by atoms with Gasteiger partial charge in [-0.15, -0.1) is 0 Å². The van der Waals surface area contributed by atoms with E-state index >= 15 is 0 Å². The van der Waals surface area contributed by atoms with Crippen molar-refractivity contribution in [3.05, 3.63) is 57.2 Å². The number of carbonyl (C=O) groups excluding carboxylic acids is 1. The van der Waals surface area contributed by atoms with Crippen LogP contribution in [0.1, 0.15) is 22.8 Å². The smallest absolute Gasteiger partial charge is 0.271 e. The molecule has 0 heterocycles. The van der Waals surface area contributed by atoms with Gasteiger partial charge in [0.05, 0.1) is 12.8 Å². The zero-order valence-electron chi connectivity index (χ0n) is 11.9. The van der Waals surface area contributed by atoms with Crippen LogP contribution < -0.4 is 10.2 Å². The summed E-state index contributed by atoms with van der Waals surface area (Å²) >= 11 is 2.14. The van der Waals surface area contributed by atoms with Gasteiger partial charge in [0.25, 0.3) is 5.91 Å². The molecule has 0 atom stereocenters. The Morgan fingerprint density at radius 3 is 2.86 bits per heavy atom. The van der Waals surface area contributed by atoms with Crippen molar-refractivity contribution in [2.24, 2.45) is 5.10 Å². The molecule has 0 spiro atoms. The maximum absolute atomic E-state index is 11.9. The Morgan fingerprint density at radius 2 is 2.14 bits per heavy atom. The zero-order chi connectivity index (χ0) is 15.9. The number of ether oxygens (including phenoxy) is 1. The van der Waals surface area contributed by atoms with Crippen molar-refractivity contribution < 1.29 is 14.6 Å². The van der Waals surface area contributed by atoms with Crippen molar-refractivity contribution in [2.75, 3.05) is 6.61 Å². The number of aromatic hydroxyl groups is 1. The second-order valence-corrected chi connectivity index (χ2v) is 5.58. The molecule has 114 valence electrons. The molecule has 0 aliphatic carbocycles. The molecular weight excluding hydrogens is 395 g/mol. The minimum Gasteiger partial charge on any atom is -0.504 e. The normalized spacial score (nSPS) is 10.6. The van der Waals surface area contributed by atoms with Crippen LogP contribution in [0.5, 0.6) is 11.5 Å². The molecule has 0 aliphatic heterocycles. The molecule has 2 aromatic carbocycles. The topological polar surface area (TPSA) is 70.9 Å². The molecule has 5 nitrogen and oxygen atoms in total. The fourth-order valence-electron chi connectivity index (χ4n) is 1.77. The van der Waals surface area contributed by atoms with E-state index in [1.165, 1.54) is 6.21 Å². The van der Waals surface area contributed by atoms with E-state index in [0.717, 1.165) is 3.57 Å². The number of para-hydroxylation sites is 1. The van der Waals surface area contributed by atoms with Gasteiger partial charge in [0, 0.05) is 14.7 Å². The fraction of sp³-hybridized carbons (Fsp3) is 0.125. The van der Waals surface area contributed by atoms with Crippen molar-refractivity contribution in [3.63, 3.8) is 0 Å². The summed E-state index contributed by atoms with van der Waals surface area (Å²) in [6, 6.07) is 12.3. The van der Waals surface area contributed by atoms with Gasteiger partial charge in [-0.3, -0.25) is 4.79 Å². The first-order valence-electron chi connectivity index (χ1n) is 6.65. The summed E-state index contributed by atoms with van der Waals surface area (Å²) < 4.78 is 6.26. The van der Waals surface area contributed by atoms with Crippen LogP contribution >= 0.6 is 22.6 Å². The second kappa shape index (κ2) is 7.79. The monoisotopic (exact) mass is 410 g/mol. The fourth-order valence-corrected chi connectivity index (χ4v) is 2.31. The van der Waals surface area contributed by atoms with E-state index < -0.39 is 0 Å². The molecule has 22 heavy (non-hydrogen) atoms. The van der Waals surface area contributed by atoms with Crippen LogP contribution in [-0.2, 0) is 0 Å². The second-order valence-electron chi connectivity index (χ2n) is 4.34. The van der Waals surface area contributed by atoms with Gasteiger partial charge in [0.15, 0.2) is 11.5 Å². The number of phenolic OH excluding ortho intramolecular Hbond substituents is 1. The molecule has 0 radical (unpaired) electrons. The average Bonchev–Trinajstić information content (AvgIpc) is 2.51. The number of hydrazone groups is 1. The number of halogens is 1. The number of phenols is 1. The predicted molar refractivity (Wildman–Crippen MR) is 93.5 cm³/mol. The van der Waals surface area contributed by atoms with Gasteiger partial charge >= 0.3 is 0 Å². The lowest BCUT2D eigenvalue weighted by Gasteiger charge is -2.07. The van der Waals surface area contributed by atoms with E-state index in [1.807, 2.05) is 13.0 Å². The molecule has 2 rings (SSSR count). The van der Waals surface area contributed by atoms with E-state index in [9.17, 15) is 9.90 Å². The summed E-state index contributed by atoms with van der Waals surface area (Å²) in [5.74, 6) is 0.0715. The first kappa shape index (κ1) is 16.3. The highest BCUT2D eigenvalue weighted by Gasteiger charge is 2.07. The van der Waals surface area contributed by atoms with Crippen molar-refractivity contribution in [1.29, 1.82) is 0 Å². The highest BCUT2D eigenvalue weighted by molar-refractivity contribution is 14.1. The van der Waals surface area contributed by atoms with Crippen molar-refractivity contribution in [2.45, 2.75) is 6.92 Å². The molecule has 0 bridgehead atoms. The van der Waals surface area contributed by atoms with Crippen LogP contribution in [0.4, 0.5) is 0 Å². The Balaban J connectivity index is 2.07. The summed E-state index contributed by atoms with van der Waals surface area (Å²) in [4.78, 5) is 11.9. The predicted octanol–water partition coefficient (Wildman–Crippen LogP) is 3.16. The van der Waals surface area contributed by atoms with E-state index in [4.69, 9.17) is 4.74 Å². The Kier molecular flexibility index (Phi) is 5.76. The number of hydrogen-bond acceptors (Lipinski definition) is 4. The summed E-state index contributed by atoms with van der Waals surface area (Å²) in [6.45, 7) is 2.29. The van der Waals surface area contributed by atoms with Gasteiger partial charge in [-0.25, -0.2) is 5.43 Å². The lowest BCUT2D eigenvalue weighted by Crippen LogP contribution is -2.17. The number of nitrogens with one attached hydrogen (secondary N) is 1. The van der Waals surface area contributed by atoms with Gasteiger partial charge in [-0.2, -0.15) is 5.10 Å².